The van der Waals surface area contributed by atoms with Crippen LogP contribution in [0.2, 0.25) is 0 Å². The number of carbonyl (C=O) groups excluding carboxylic acids is 1. The summed E-state index contributed by atoms with van der Waals surface area (Å²) in [6.07, 6.45) is 0. The first-order valence-electron chi connectivity index (χ1n) is 6.58. The molecule has 2 aromatic rings. The molecule has 0 bridgehead atoms. The van der Waals surface area contributed by atoms with Crippen molar-refractivity contribution in [2.75, 3.05) is 6.61 Å². The average molecular weight is 287 g/mol. The normalized spacial score (nSPS) is 16.2. The number of halogens is 1. The second kappa shape index (κ2) is 5.09. The summed E-state index contributed by atoms with van der Waals surface area (Å²) in [6, 6.07) is 8.74. The zero-order chi connectivity index (χ0) is 15.0. The maximum atomic E-state index is 13.3. The molecule has 0 aromatic heterocycles. The van der Waals surface area contributed by atoms with Gasteiger partial charge < -0.3 is 15.2 Å². The number of fused-ring (bicyclic) bond motifs is 1. The highest BCUT2D eigenvalue weighted by molar-refractivity contribution is 5.97. The Morgan fingerprint density at radius 1 is 1.38 bits per heavy atom. The third-order valence-corrected chi connectivity index (χ3v) is 3.54. The molecule has 0 saturated heterocycles. The molecule has 2 N–H and O–H groups in total. The minimum atomic E-state index is -0.428. The van der Waals surface area contributed by atoms with Gasteiger partial charge in [0.1, 0.15) is 23.9 Å². The summed E-state index contributed by atoms with van der Waals surface area (Å²) in [5.41, 5.74) is 1.42. The van der Waals surface area contributed by atoms with E-state index in [0.29, 0.717) is 16.9 Å². The van der Waals surface area contributed by atoms with Gasteiger partial charge in [-0.2, -0.15) is 0 Å². The summed E-state index contributed by atoms with van der Waals surface area (Å²) < 4.78 is 18.7. The Balaban J connectivity index is 1.84. The number of aryl methyl sites for hydroxylation is 1. The van der Waals surface area contributed by atoms with E-state index in [1.807, 2.05) is 0 Å². The van der Waals surface area contributed by atoms with Crippen LogP contribution in [0.5, 0.6) is 11.5 Å². The van der Waals surface area contributed by atoms with Gasteiger partial charge in [-0.25, -0.2) is 4.39 Å². The van der Waals surface area contributed by atoms with Crippen LogP contribution in [0.4, 0.5) is 4.39 Å². The lowest BCUT2D eigenvalue weighted by Gasteiger charge is -2.13. The van der Waals surface area contributed by atoms with Gasteiger partial charge in [-0.1, -0.05) is 12.1 Å². The monoisotopic (exact) mass is 287 g/mol. The molecule has 0 saturated carbocycles. The van der Waals surface area contributed by atoms with Crippen molar-refractivity contribution in [1.82, 2.24) is 5.32 Å². The number of carbonyl (C=O) groups is 1. The molecule has 1 aliphatic heterocycles. The molecule has 1 aliphatic rings. The fraction of sp³-hybridized carbons (Fsp3) is 0.188. The number of hydrogen-bond acceptors (Lipinski definition) is 3. The molecule has 1 heterocycles. The summed E-state index contributed by atoms with van der Waals surface area (Å²) >= 11 is 0. The Kier molecular flexibility index (Phi) is 3.25. The van der Waals surface area contributed by atoms with Crippen LogP contribution < -0.4 is 10.1 Å². The molecular weight excluding hydrogens is 273 g/mol. The molecule has 0 spiro atoms. The van der Waals surface area contributed by atoms with Crippen LogP contribution >= 0.6 is 0 Å². The van der Waals surface area contributed by atoms with Crippen molar-refractivity contribution in [3.63, 3.8) is 0 Å². The van der Waals surface area contributed by atoms with Gasteiger partial charge in [0.2, 0.25) is 0 Å². The molecule has 4 nitrogen and oxygen atoms in total. The van der Waals surface area contributed by atoms with Crippen LogP contribution in [0.25, 0.3) is 0 Å². The first-order valence-corrected chi connectivity index (χ1v) is 6.58. The zero-order valence-corrected chi connectivity index (χ0v) is 11.4. The van der Waals surface area contributed by atoms with Crippen molar-refractivity contribution in [2.24, 2.45) is 0 Å². The quantitative estimate of drug-likeness (QED) is 0.893. The molecular formula is C16H14FNO3. The second-order valence-corrected chi connectivity index (χ2v) is 4.99. The smallest absolute Gasteiger partial charge is 0.255 e. The highest BCUT2D eigenvalue weighted by Crippen LogP contribution is 2.33. The Hall–Kier alpha value is -2.56. The molecule has 0 radical (unpaired) electrons. The highest BCUT2D eigenvalue weighted by atomic mass is 19.1. The minimum absolute atomic E-state index is 0.0478. The number of rotatable bonds is 2. The summed E-state index contributed by atoms with van der Waals surface area (Å²) in [4.78, 5) is 12.2. The molecule has 0 fully saturated rings. The van der Waals surface area contributed by atoms with E-state index in [1.54, 1.807) is 31.2 Å². The van der Waals surface area contributed by atoms with E-state index in [1.165, 1.54) is 12.1 Å². The Morgan fingerprint density at radius 2 is 2.19 bits per heavy atom. The Labute approximate surface area is 121 Å². The number of phenols is 1. The predicted octanol–water partition coefficient (Wildman–Crippen LogP) is 2.70. The van der Waals surface area contributed by atoms with E-state index in [0.717, 1.165) is 0 Å². The van der Waals surface area contributed by atoms with E-state index < -0.39 is 11.9 Å². The lowest BCUT2D eigenvalue weighted by atomic mass is 10.1. The van der Waals surface area contributed by atoms with Crippen molar-refractivity contribution in [3.8, 4) is 11.5 Å². The summed E-state index contributed by atoms with van der Waals surface area (Å²) in [6.45, 7) is 1.96. The van der Waals surface area contributed by atoms with Crippen molar-refractivity contribution in [3.05, 3.63) is 58.9 Å². The van der Waals surface area contributed by atoms with Gasteiger partial charge in [0.25, 0.3) is 5.91 Å². The zero-order valence-electron chi connectivity index (χ0n) is 11.4. The number of phenolic OH excluding ortho intramolecular Hbond substituents is 1. The number of hydrogen-bond donors (Lipinski definition) is 2. The molecule has 5 heteroatoms. The third-order valence-electron chi connectivity index (χ3n) is 3.54. The highest BCUT2D eigenvalue weighted by Gasteiger charge is 2.27. The van der Waals surface area contributed by atoms with Crippen LogP contribution in [0.15, 0.2) is 36.4 Å². The number of amides is 1. The van der Waals surface area contributed by atoms with Crippen molar-refractivity contribution >= 4 is 5.91 Å². The van der Waals surface area contributed by atoms with Crippen LogP contribution in [-0.2, 0) is 0 Å². The first kappa shape index (κ1) is 13.4. The van der Waals surface area contributed by atoms with Gasteiger partial charge >= 0.3 is 0 Å². The Morgan fingerprint density at radius 3 is 3.00 bits per heavy atom. The van der Waals surface area contributed by atoms with E-state index in [4.69, 9.17) is 4.74 Å². The van der Waals surface area contributed by atoms with Crippen LogP contribution in [0.3, 0.4) is 0 Å². The maximum Gasteiger partial charge on any atom is 0.255 e. The van der Waals surface area contributed by atoms with Crippen LogP contribution in [0.1, 0.15) is 27.5 Å². The molecule has 0 aliphatic carbocycles. The van der Waals surface area contributed by atoms with Gasteiger partial charge in [0.15, 0.2) is 0 Å². The first-order chi connectivity index (χ1) is 10.1. The molecule has 0 unspecified atom stereocenters. The number of nitrogens with one attached hydrogen (secondary N) is 1. The fourth-order valence-electron chi connectivity index (χ4n) is 2.38. The van der Waals surface area contributed by atoms with Crippen LogP contribution in [-0.4, -0.2) is 17.6 Å². The number of aromatic hydroxyl groups is 1. The standard InChI is InChI=1S/C16H14FNO3/c1-9-3-2-4-11(15(9)19)16(20)18-13-8-21-14-6-5-10(17)7-12(13)14/h2-7,13,19H,8H2,1H3,(H,18,20)/t13-/m1/s1. The van der Waals surface area contributed by atoms with E-state index in [-0.39, 0.29) is 23.7 Å². The summed E-state index contributed by atoms with van der Waals surface area (Å²) in [5, 5.41) is 12.7. The van der Waals surface area contributed by atoms with Crippen molar-refractivity contribution in [1.29, 1.82) is 0 Å². The maximum absolute atomic E-state index is 13.3. The Bertz CT molecular complexity index is 715. The third kappa shape index (κ3) is 2.42. The fourth-order valence-corrected chi connectivity index (χ4v) is 2.38. The molecule has 3 rings (SSSR count). The molecule has 108 valence electrons. The lowest BCUT2D eigenvalue weighted by molar-refractivity contribution is 0.0927. The predicted molar refractivity (Wildman–Crippen MR) is 74.9 cm³/mol. The van der Waals surface area contributed by atoms with Crippen molar-refractivity contribution < 1.29 is 19.0 Å². The van der Waals surface area contributed by atoms with Gasteiger partial charge in [-0.3, -0.25) is 4.79 Å². The van der Waals surface area contributed by atoms with Gasteiger partial charge in [-0.15, -0.1) is 0 Å². The number of benzene rings is 2. The van der Waals surface area contributed by atoms with E-state index in [9.17, 15) is 14.3 Å². The summed E-state index contributed by atoms with van der Waals surface area (Å²) in [5.74, 6) is -0.276. The van der Waals surface area contributed by atoms with Gasteiger partial charge in [-0.05, 0) is 36.8 Å². The topological polar surface area (TPSA) is 58.6 Å². The van der Waals surface area contributed by atoms with Gasteiger partial charge in [0.05, 0.1) is 11.6 Å². The summed E-state index contributed by atoms with van der Waals surface area (Å²) in [7, 11) is 0. The lowest BCUT2D eigenvalue weighted by Crippen LogP contribution is -2.29. The molecule has 1 atom stereocenters. The minimum Gasteiger partial charge on any atom is -0.507 e. The average Bonchev–Trinajstić information content (AvgIpc) is 2.84. The van der Waals surface area contributed by atoms with E-state index in [2.05, 4.69) is 5.32 Å². The molecule has 1 amide bonds. The van der Waals surface area contributed by atoms with Crippen LogP contribution in [0, 0.1) is 12.7 Å². The molecule has 21 heavy (non-hydrogen) atoms. The number of para-hydroxylation sites is 1. The SMILES string of the molecule is Cc1cccc(C(=O)N[C@@H]2COc3ccc(F)cc32)c1O. The molecule has 2 aromatic carbocycles. The largest absolute Gasteiger partial charge is 0.507 e. The van der Waals surface area contributed by atoms with Crippen molar-refractivity contribution in [2.45, 2.75) is 13.0 Å². The van der Waals surface area contributed by atoms with E-state index >= 15 is 0 Å². The number of ether oxygens (including phenoxy) is 1. The van der Waals surface area contributed by atoms with Gasteiger partial charge in [0, 0.05) is 5.56 Å². The second-order valence-electron chi connectivity index (χ2n) is 4.99.